The molecular formula is C16H18NO3+. The van der Waals surface area contributed by atoms with Gasteiger partial charge < -0.3 is 4.74 Å². The zero-order valence-electron chi connectivity index (χ0n) is 11.5. The van der Waals surface area contributed by atoms with E-state index < -0.39 is 5.54 Å². The van der Waals surface area contributed by atoms with Gasteiger partial charge in [0.1, 0.15) is 0 Å². The van der Waals surface area contributed by atoms with Crippen LogP contribution < -0.4 is 0 Å². The number of carbonyl (C=O) groups excluding carboxylic acids is 1. The van der Waals surface area contributed by atoms with E-state index in [1.54, 1.807) is 7.11 Å². The minimum Gasteiger partial charge on any atom is -0.381 e. The van der Waals surface area contributed by atoms with E-state index in [0.29, 0.717) is 6.54 Å². The molecule has 4 atom stereocenters. The van der Waals surface area contributed by atoms with Gasteiger partial charge in [-0.1, -0.05) is 24.3 Å². The summed E-state index contributed by atoms with van der Waals surface area (Å²) in [6.07, 6.45) is 2.78. The van der Waals surface area contributed by atoms with E-state index in [1.165, 1.54) is 4.76 Å². The predicted octanol–water partition coefficient (Wildman–Crippen LogP) is 2.30. The number of Topliss-reactive ketones (excluding diaryl/α,β-unsaturated/α-hetero) is 1. The van der Waals surface area contributed by atoms with Crippen LogP contribution >= 0.6 is 0 Å². The molecule has 1 aromatic carbocycles. The molecule has 3 aliphatic rings. The lowest BCUT2D eigenvalue weighted by molar-refractivity contribution is -0.625. The van der Waals surface area contributed by atoms with Gasteiger partial charge in [0.25, 0.3) is 0 Å². The average Bonchev–Trinajstić information content (AvgIpc) is 2.76. The third-order valence-electron chi connectivity index (χ3n) is 5.54. The summed E-state index contributed by atoms with van der Waals surface area (Å²) >= 11 is 0. The molecule has 0 radical (unpaired) electrons. The summed E-state index contributed by atoms with van der Waals surface area (Å²) in [5.74, 6) is -0.0580. The van der Waals surface area contributed by atoms with Crippen molar-refractivity contribution in [2.75, 3.05) is 13.7 Å². The van der Waals surface area contributed by atoms with Crippen LogP contribution in [0.3, 0.4) is 0 Å². The number of methoxy groups -OCH3 is 1. The Morgan fingerprint density at radius 3 is 2.95 bits per heavy atom. The first-order valence-electron chi connectivity index (χ1n) is 7.31. The topological polar surface area (TPSA) is 46.4 Å². The van der Waals surface area contributed by atoms with Gasteiger partial charge in [0.15, 0.2) is 5.78 Å². The van der Waals surface area contributed by atoms with Crippen LogP contribution in [0.25, 0.3) is 0 Å². The Bertz CT molecular complexity index is 611. The Morgan fingerprint density at radius 2 is 2.15 bits per heavy atom. The molecule has 0 N–H and O–H groups in total. The molecule has 0 aromatic heterocycles. The van der Waals surface area contributed by atoms with E-state index in [-0.39, 0.29) is 23.7 Å². The van der Waals surface area contributed by atoms with Gasteiger partial charge in [-0.25, -0.2) is 0 Å². The SMILES string of the molecule is COC1CCC[C@]23c4ccccc4C(=O)[C@@H](C[N+]2=O)[C@H]13. The van der Waals surface area contributed by atoms with E-state index in [2.05, 4.69) is 0 Å². The molecule has 104 valence electrons. The van der Waals surface area contributed by atoms with Crippen molar-refractivity contribution in [2.45, 2.75) is 30.9 Å². The van der Waals surface area contributed by atoms with E-state index in [0.717, 1.165) is 30.4 Å². The van der Waals surface area contributed by atoms with Gasteiger partial charge in [0.05, 0.1) is 17.9 Å². The quantitative estimate of drug-likeness (QED) is 0.737. The fourth-order valence-electron chi connectivity index (χ4n) is 4.80. The van der Waals surface area contributed by atoms with Crippen LogP contribution in [0.1, 0.15) is 35.2 Å². The third-order valence-corrected chi connectivity index (χ3v) is 5.54. The van der Waals surface area contributed by atoms with Crippen molar-refractivity contribution in [1.82, 2.24) is 0 Å². The highest BCUT2D eigenvalue weighted by Crippen LogP contribution is 2.57. The summed E-state index contributed by atoms with van der Waals surface area (Å²) in [6.45, 7) is 0.318. The summed E-state index contributed by atoms with van der Waals surface area (Å²) in [7, 11) is 1.70. The van der Waals surface area contributed by atoms with Crippen LogP contribution in [0.4, 0.5) is 0 Å². The second-order valence-corrected chi connectivity index (χ2v) is 6.19. The highest BCUT2D eigenvalue weighted by Gasteiger charge is 2.71. The molecule has 1 heterocycles. The highest BCUT2D eigenvalue weighted by atomic mass is 16.5. The molecule has 1 aromatic rings. The number of hydrogen-bond donors (Lipinski definition) is 0. The molecule has 4 heteroatoms. The van der Waals surface area contributed by atoms with Crippen LogP contribution in [0.15, 0.2) is 24.3 Å². The van der Waals surface area contributed by atoms with Crippen LogP contribution in [0.2, 0.25) is 0 Å². The van der Waals surface area contributed by atoms with Crippen LogP contribution in [0.5, 0.6) is 0 Å². The summed E-state index contributed by atoms with van der Waals surface area (Å²) in [5, 5.41) is 0. The van der Waals surface area contributed by atoms with E-state index in [1.807, 2.05) is 24.3 Å². The van der Waals surface area contributed by atoms with Crippen LogP contribution in [0, 0.1) is 16.7 Å². The zero-order chi connectivity index (χ0) is 13.9. The molecule has 20 heavy (non-hydrogen) atoms. The Morgan fingerprint density at radius 1 is 1.35 bits per heavy atom. The zero-order valence-corrected chi connectivity index (χ0v) is 11.5. The molecule has 2 bridgehead atoms. The van der Waals surface area contributed by atoms with E-state index in [4.69, 9.17) is 4.74 Å². The van der Waals surface area contributed by atoms with Crippen LogP contribution in [-0.4, -0.2) is 30.3 Å². The maximum atomic E-state index is 12.7. The number of nitroso groups, excluding NO2 is 1. The smallest absolute Gasteiger partial charge is 0.242 e. The number of rotatable bonds is 1. The Balaban J connectivity index is 2.00. The van der Waals surface area contributed by atoms with Crippen molar-refractivity contribution in [3.8, 4) is 0 Å². The first-order chi connectivity index (χ1) is 9.70. The van der Waals surface area contributed by atoms with Gasteiger partial charge in [0, 0.05) is 34.3 Å². The summed E-state index contributed by atoms with van der Waals surface area (Å²) < 4.78 is 6.81. The Hall–Kier alpha value is -1.55. The molecule has 4 nitrogen and oxygen atoms in total. The number of carbonyl (C=O) groups is 1. The number of fused-ring (bicyclic) bond motifs is 1. The standard InChI is InChI=1S/C16H18NO3/c1-20-13-7-4-8-16-12-6-3-2-5-10(12)15(18)11(14(13)16)9-17(16)19/h2-3,5-6,11,13-14H,4,7-9H2,1H3/q+1/t11-,13?,14+,16+/m0/s1. The van der Waals surface area contributed by atoms with Crippen molar-refractivity contribution in [1.29, 1.82) is 0 Å². The lowest BCUT2D eigenvalue weighted by atomic mass is 9.60. The summed E-state index contributed by atoms with van der Waals surface area (Å²) in [4.78, 5) is 25.4. The van der Waals surface area contributed by atoms with E-state index in [9.17, 15) is 9.70 Å². The van der Waals surface area contributed by atoms with Crippen molar-refractivity contribution < 1.29 is 14.3 Å². The van der Waals surface area contributed by atoms with Crippen molar-refractivity contribution in [3.63, 3.8) is 0 Å². The normalized spacial score (nSPS) is 38.5. The minimum atomic E-state index is -0.534. The number of benzene rings is 1. The Kier molecular flexibility index (Phi) is 2.43. The monoisotopic (exact) mass is 272 g/mol. The maximum Gasteiger partial charge on any atom is 0.242 e. The number of ketones is 1. The first kappa shape index (κ1) is 12.2. The number of hydrogen-bond acceptors (Lipinski definition) is 3. The number of nitrogens with zero attached hydrogens (tertiary/aromatic N) is 1. The molecule has 1 saturated heterocycles. The van der Waals surface area contributed by atoms with Gasteiger partial charge in [-0.3, -0.25) is 4.79 Å². The molecule has 1 unspecified atom stereocenters. The van der Waals surface area contributed by atoms with Gasteiger partial charge in [-0.15, -0.1) is 0 Å². The second kappa shape index (κ2) is 3.98. The van der Waals surface area contributed by atoms with Gasteiger partial charge >= 0.3 is 0 Å². The van der Waals surface area contributed by atoms with Crippen molar-refractivity contribution in [3.05, 3.63) is 40.3 Å². The van der Waals surface area contributed by atoms with Crippen molar-refractivity contribution in [2.24, 2.45) is 11.8 Å². The molecular weight excluding hydrogens is 254 g/mol. The molecule has 1 saturated carbocycles. The first-order valence-corrected chi connectivity index (χ1v) is 7.31. The predicted molar refractivity (Wildman–Crippen MR) is 72.6 cm³/mol. The van der Waals surface area contributed by atoms with Crippen molar-refractivity contribution >= 4 is 5.78 Å². The summed E-state index contributed by atoms with van der Waals surface area (Å²) in [6, 6.07) is 7.66. The molecule has 2 aliphatic carbocycles. The molecule has 1 aliphatic heterocycles. The Labute approximate surface area is 117 Å². The lowest BCUT2D eigenvalue weighted by Gasteiger charge is -2.41. The van der Waals surface area contributed by atoms with E-state index >= 15 is 0 Å². The minimum absolute atomic E-state index is 0.0150. The van der Waals surface area contributed by atoms with Gasteiger partial charge in [-0.2, -0.15) is 0 Å². The molecule has 4 rings (SSSR count). The number of ether oxygens (including phenoxy) is 1. The fraction of sp³-hybridized carbons (Fsp3) is 0.562. The van der Waals surface area contributed by atoms with Gasteiger partial charge in [-0.05, 0) is 12.8 Å². The average molecular weight is 272 g/mol. The van der Waals surface area contributed by atoms with Gasteiger partial charge in [0.2, 0.25) is 12.1 Å². The molecule has 0 spiro atoms. The lowest BCUT2D eigenvalue weighted by Crippen LogP contribution is -2.52. The third kappa shape index (κ3) is 1.23. The fourth-order valence-corrected chi connectivity index (χ4v) is 4.80. The second-order valence-electron chi connectivity index (χ2n) is 6.19. The summed E-state index contributed by atoms with van der Waals surface area (Å²) in [5.41, 5.74) is 1.15. The molecule has 0 amide bonds. The highest BCUT2D eigenvalue weighted by molar-refractivity contribution is 6.01. The molecule has 2 fully saturated rings. The maximum absolute atomic E-state index is 12.7. The largest absolute Gasteiger partial charge is 0.381 e. The van der Waals surface area contributed by atoms with Crippen LogP contribution in [-0.2, 0) is 10.3 Å².